The molecule has 2 aromatic rings. The fraction of sp³-hybridized carbons (Fsp3) is 0.176. The first-order valence-corrected chi connectivity index (χ1v) is 9.39. The van der Waals surface area contributed by atoms with Crippen molar-refractivity contribution in [3.63, 3.8) is 0 Å². The van der Waals surface area contributed by atoms with Crippen LogP contribution in [-0.4, -0.2) is 20.2 Å². The first-order valence-electron chi connectivity index (χ1n) is 7.91. The number of benzene rings is 2. The predicted octanol–water partition coefficient (Wildman–Crippen LogP) is 2.91. The van der Waals surface area contributed by atoms with E-state index < -0.39 is 62.4 Å². The molecule has 0 aromatic heterocycles. The minimum absolute atomic E-state index is 0.00876. The molecule has 1 aliphatic rings. The van der Waals surface area contributed by atoms with Crippen LogP contribution in [0.1, 0.15) is 23.5 Å². The third-order valence-electron chi connectivity index (χ3n) is 4.14. The highest BCUT2D eigenvalue weighted by Gasteiger charge is 2.39. The van der Waals surface area contributed by atoms with Crippen LogP contribution in [0.5, 0.6) is 0 Å². The molecule has 0 bridgehead atoms. The predicted molar refractivity (Wildman–Crippen MR) is 89.1 cm³/mol. The molecule has 0 saturated heterocycles. The Morgan fingerprint density at radius 1 is 1.07 bits per heavy atom. The number of rotatable bonds is 3. The van der Waals surface area contributed by atoms with Crippen molar-refractivity contribution in [3.8, 4) is 0 Å². The van der Waals surface area contributed by atoms with Gasteiger partial charge in [-0.05, 0) is 35.9 Å². The van der Waals surface area contributed by atoms with Crippen LogP contribution in [0.3, 0.4) is 0 Å². The molecule has 0 aliphatic carbocycles. The second kappa shape index (κ2) is 7.10. The highest BCUT2D eigenvalue weighted by Crippen LogP contribution is 2.36. The zero-order chi connectivity index (χ0) is 21.6. The number of hydrogen-bond acceptors (Lipinski definition) is 4. The van der Waals surface area contributed by atoms with E-state index in [0.29, 0.717) is 12.1 Å². The van der Waals surface area contributed by atoms with E-state index in [1.165, 1.54) is 4.72 Å². The summed E-state index contributed by atoms with van der Waals surface area (Å²) in [5, 5.41) is 2.32. The van der Waals surface area contributed by atoms with Gasteiger partial charge in [0.25, 0.3) is 10.0 Å². The highest BCUT2D eigenvalue weighted by atomic mass is 32.2. The van der Waals surface area contributed by atoms with Gasteiger partial charge < -0.3 is 5.32 Å². The molecule has 2 amide bonds. The van der Waals surface area contributed by atoms with Gasteiger partial charge in [0.1, 0.15) is 11.6 Å². The topological polar surface area (TPSA) is 92.3 Å². The summed E-state index contributed by atoms with van der Waals surface area (Å²) in [6.07, 6.45) is -5.71. The van der Waals surface area contributed by atoms with Gasteiger partial charge in [-0.2, -0.15) is 13.2 Å². The van der Waals surface area contributed by atoms with Crippen molar-refractivity contribution in [3.05, 3.63) is 59.2 Å². The first-order chi connectivity index (χ1) is 13.4. The molecule has 1 heterocycles. The van der Waals surface area contributed by atoms with Gasteiger partial charge >= 0.3 is 6.18 Å². The number of carbonyl (C=O) groups is 2. The van der Waals surface area contributed by atoms with Crippen LogP contribution in [0.2, 0.25) is 0 Å². The third-order valence-corrected chi connectivity index (χ3v) is 5.55. The molecule has 0 radical (unpaired) electrons. The molecule has 2 N–H and O–H groups in total. The number of anilines is 1. The highest BCUT2D eigenvalue weighted by molar-refractivity contribution is 7.90. The molecule has 12 heteroatoms. The van der Waals surface area contributed by atoms with Crippen LogP contribution >= 0.6 is 0 Å². The molecule has 2 aromatic carbocycles. The van der Waals surface area contributed by atoms with Crippen LogP contribution in [-0.2, 0) is 25.8 Å². The van der Waals surface area contributed by atoms with E-state index in [4.69, 9.17) is 0 Å². The van der Waals surface area contributed by atoms with Crippen molar-refractivity contribution in [2.75, 3.05) is 5.32 Å². The summed E-state index contributed by atoms with van der Waals surface area (Å²) in [7, 11) is -5.06. The van der Waals surface area contributed by atoms with Crippen LogP contribution < -0.4 is 10.0 Å². The van der Waals surface area contributed by atoms with E-state index >= 15 is 0 Å². The minimum atomic E-state index is -5.20. The summed E-state index contributed by atoms with van der Waals surface area (Å²) < 4.78 is 92.1. The van der Waals surface area contributed by atoms with Crippen LogP contribution in [0.15, 0.2) is 41.3 Å². The number of carbonyl (C=O) groups excluding carboxylic acids is 2. The second-order valence-electron chi connectivity index (χ2n) is 6.14. The summed E-state index contributed by atoms with van der Waals surface area (Å²) in [5.74, 6) is -5.42. The maximum Gasteiger partial charge on any atom is 0.417 e. The van der Waals surface area contributed by atoms with E-state index in [1.807, 2.05) is 0 Å². The summed E-state index contributed by atoms with van der Waals surface area (Å²) >= 11 is 0. The lowest BCUT2D eigenvalue weighted by molar-refractivity contribution is -0.140. The molecule has 0 spiro atoms. The lowest BCUT2D eigenvalue weighted by Crippen LogP contribution is -2.38. The van der Waals surface area contributed by atoms with Crippen LogP contribution in [0.4, 0.5) is 27.6 Å². The van der Waals surface area contributed by atoms with E-state index in [-0.39, 0.29) is 17.3 Å². The molecule has 0 fully saturated rings. The second-order valence-corrected chi connectivity index (χ2v) is 7.80. The maximum absolute atomic E-state index is 13.3. The molecule has 154 valence electrons. The van der Waals surface area contributed by atoms with Gasteiger partial charge in [-0.25, -0.2) is 21.9 Å². The van der Waals surface area contributed by atoms with E-state index in [1.54, 1.807) is 0 Å². The number of halogens is 5. The molecule has 0 saturated carbocycles. The van der Waals surface area contributed by atoms with Gasteiger partial charge in [0.05, 0.1) is 16.4 Å². The smallest absolute Gasteiger partial charge is 0.326 e. The van der Waals surface area contributed by atoms with Crippen molar-refractivity contribution in [1.82, 2.24) is 4.72 Å². The van der Waals surface area contributed by atoms with E-state index in [2.05, 4.69) is 5.32 Å². The van der Waals surface area contributed by atoms with Crippen molar-refractivity contribution in [2.24, 2.45) is 0 Å². The number of amides is 2. The van der Waals surface area contributed by atoms with Crippen molar-refractivity contribution in [2.45, 2.75) is 23.4 Å². The molecule has 1 atom stereocenters. The largest absolute Gasteiger partial charge is 0.417 e. The zero-order valence-electron chi connectivity index (χ0n) is 14.2. The lowest BCUT2D eigenvalue weighted by Gasteiger charge is -2.25. The Bertz CT molecular complexity index is 1120. The summed E-state index contributed by atoms with van der Waals surface area (Å²) in [5.41, 5.74) is -1.76. The number of nitrogens with one attached hydrogen (secondary N) is 2. The Labute approximate surface area is 160 Å². The molecule has 29 heavy (non-hydrogen) atoms. The molecule has 1 aliphatic heterocycles. The average Bonchev–Trinajstić information content (AvgIpc) is 2.59. The van der Waals surface area contributed by atoms with Crippen molar-refractivity contribution >= 4 is 27.5 Å². The summed E-state index contributed by atoms with van der Waals surface area (Å²) in [6.45, 7) is 0. The fourth-order valence-electron chi connectivity index (χ4n) is 2.89. The standard InChI is InChI=1S/C17H11F5N2O4S/c18-8-2-4-14(12(5-8)17(20,21)22)29(27,28)24-16(26)11-7-15(25)23-13-6-9(19)1-3-10(11)13/h1-6,11H,7H2,(H,23,25)(H,24,26). The SMILES string of the molecule is O=C1CC(C(=O)NS(=O)(=O)c2ccc(F)cc2C(F)(F)F)c2ccc(F)cc2N1. The maximum atomic E-state index is 13.3. The zero-order valence-corrected chi connectivity index (χ0v) is 15.0. The van der Waals surface area contributed by atoms with Gasteiger partial charge in [-0.15, -0.1) is 0 Å². The molecule has 1 unspecified atom stereocenters. The number of sulfonamides is 1. The number of fused-ring (bicyclic) bond motifs is 1. The molecule has 6 nitrogen and oxygen atoms in total. The average molecular weight is 434 g/mol. The molecular weight excluding hydrogens is 423 g/mol. The first kappa shape index (κ1) is 20.7. The van der Waals surface area contributed by atoms with Crippen LogP contribution in [0.25, 0.3) is 0 Å². The van der Waals surface area contributed by atoms with Gasteiger partial charge in [0.2, 0.25) is 11.8 Å². The van der Waals surface area contributed by atoms with E-state index in [0.717, 1.165) is 18.2 Å². The molecular formula is C17H11F5N2O4S. The van der Waals surface area contributed by atoms with Gasteiger partial charge in [0.15, 0.2) is 0 Å². The summed E-state index contributed by atoms with van der Waals surface area (Å²) in [6, 6.07) is 3.92. The number of alkyl halides is 3. The van der Waals surface area contributed by atoms with Gasteiger partial charge in [-0.1, -0.05) is 6.07 Å². The Morgan fingerprint density at radius 2 is 1.69 bits per heavy atom. The Morgan fingerprint density at radius 3 is 2.34 bits per heavy atom. The minimum Gasteiger partial charge on any atom is -0.326 e. The lowest BCUT2D eigenvalue weighted by atomic mass is 9.90. The Kier molecular flexibility index (Phi) is 5.07. The Balaban J connectivity index is 1.97. The van der Waals surface area contributed by atoms with Crippen LogP contribution in [0, 0.1) is 11.6 Å². The monoisotopic (exact) mass is 434 g/mol. The third kappa shape index (κ3) is 4.21. The quantitative estimate of drug-likeness (QED) is 0.727. The van der Waals surface area contributed by atoms with Gasteiger partial charge in [0, 0.05) is 12.1 Å². The fourth-order valence-corrected chi connectivity index (χ4v) is 4.12. The number of hydrogen-bond donors (Lipinski definition) is 2. The normalized spacial score (nSPS) is 16.7. The van der Waals surface area contributed by atoms with Crippen molar-refractivity contribution < 1.29 is 40.0 Å². The molecule has 3 rings (SSSR count). The Hall–Kier alpha value is -3.02. The van der Waals surface area contributed by atoms with Gasteiger partial charge in [-0.3, -0.25) is 9.59 Å². The van der Waals surface area contributed by atoms with E-state index in [9.17, 15) is 40.0 Å². The van der Waals surface area contributed by atoms with Crippen molar-refractivity contribution in [1.29, 1.82) is 0 Å². The summed E-state index contributed by atoms with van der Waals surface area (Å²) in [4.78, 5) is 22.9.